The lowest BCUT2D eigenvalue weighted by molar-refractivity contribution is -0.137. The van der Waals surface area contributed by atoms with Crippen molar-refractivity contribution in [3.05, 3.63) is 58.5 Å². The fourth-order valence-corrected chi connectivity index (χ4v) is 5.96. The van der Waals surface area contributed by atoms with Gasteiger partial charge in [-0.2, -0.15) is 0 Å². The van der Waals surface area contributed by atoms with Crippen LogP contribution in [0.5, 0.6) is 0 Å². The molecule has 2 aromatic rings. The van der Waals surface area contributed by atoms with Gasteiger partial charge in [-0.15, -0.1) is 11.3 Å². The molecule has 0 bridgehead atoms. The molecule has 6 heteroatoms. The Hall–Kier alpha value is -1.95. The van der Waals surface area contributed by atoms with Crippen LogP contribution in [-0.2, 0) is 16.0 Å². The Kier molecular flexibility index (Phi) is 9.09. The number of rotatable bonds is 11. The number of carboxylic acids is 1. The maximum atomic E-state index is 12.5. The number of carbonyl (C=O) groups excluding carboxylic acids is 1. The highest BCUT2D eigenvalue weighted by molar-refractivity contribution is 7.19. The lowest BCUT2D eigenvalue weighted by atomic mass is 9.87. The zero-order chi connectivity index (χ0) is 23.1. The molecule has 0 saturated heterocycles. The van der Waals surface area contributed by atoms with E-state index >= 15 is 0 Å². The van der Waals surface area contributed by atoms with E-state index in [1.165, 1.54) is 0 Å². The lowest BCUT2D eigenvalue weighted by Crippen LogP contribution is -2.15. The smallest absolute Gasteiger partial charge is 0.303 e. The molecular weight excluding hydrogens is 444 g/mol. The molecule has 1 saturated carbocycles. The van der Waals surface area contributed by atoms with Gasteiger partial charge in [0, 0.05) is 33.7 Å². The third-order valence-electron chi connectivity index (χ3n) is 6.20. The van der Waals surface area contributed by atoms with Gasteiger partial charge in [-0.1, -0.05) is 61.0 Å². The first kappa shape index (κ1) is 24.7. The van der Waals surface area contributed by atoms with Crippen LogP contribution < -0.4 is 0 Å². The molecule has 4 nitrogen and oxygen atoms in total. The van der Waals surface area contributed by atoms with Crippen LogP contribution in [0.1, 0.15) is 50.3 Å². The number of allylic oxidation sites excluding steroid dienone is 3. The second kappa shape index (κ2) is 11.8. The summed E-state index contributed by atoms with van der Waals surface area (Å²) in [6.07, 6.45) is 11.3. The Morgan fingerprint density at radius 2 is 2.09 bits per heavy atom. The van der Waals surface area contributed by atoms with Crippen molar-refractivity contribution in [3.8, 4) is 0 Å². The van der Waals surface area contributed by atoms with Crippen LogP contribution in [0.15, 0.2) is 48.6 Å². The van der Waals surface area contributed by atoms with Crippen molar-refractivity contribution in [2.24, 2.45) is 17.8 Å². The van der Waals surface area contributed by atoms with E-state index in [9.17, 15) is 14.7 Å². The van der Waals surface area contributed by atoms with E-state index in [4.69, 9.17) is 16.7 Å². The summed E-state index contributed by atoms with van der Waals surface area (Å²) in [7, 11) is 0. The third-order valence-corrected chi connectivity index (χ3v) is 7.97. The fraction of sp³-hybridized carbons (Fsp3) is 0.462. The normalized spacial score (nSPS) is 22.5. The predicted octanol–water partition coefficient (Wildman–Crippen LogP) is 6.45. The van der Waals surface area contributed by atoms with E-state index < -0.39 is 12.1 Å². The molecule has 172 valence electrons. The number of thiophene rings is 1. The van der Waals surface area contributed by atoms with Crippen molar-refractivity contribution in [2.75, 3.05) is 0 Å². The van der Waals surface area contributed by atoms with Crippen LogP contribution in [0.2, 0.25) is 5.02 Å². The van der Waals surface area contributed by atoms with Crippen molar-refractivity contribution in [2.45, 2.75) is 58.0 Å². The van der Waals surface area contributed by atoms with Gasteiger partial charge in [0.1, 0.15) is 5.78 Å². The first-order valence-electron chi connectivity index (χ1n) is 11.3. The molecule has 1 unspecified atom stereocenters. The van der Waals surface area contributed by atoms with Crippen LogP contribution in [-0.4, -0.2) is 28.1 Å². The third kappa shape index (κ3) is 6.53. The van der Waals surface area contributed by atoms with Crippen LogP contribution >= 0.6 is 22.9 Å². The minimum absolute atomic E-state index is 0.0683. The average molecular weight is 475 g/mol. The van der Waals surface area contributed by atoms with Crippen LogP contribution in [0.25, 0.3) is 10.1 Å². The van der Waals surface area contributed by atoms with E-state index in [1.807, 2.05) is 42.5 Å². The van der Waals surface area contributed by atoms with Crippen LogP contribution in [0, 0.1) is 17.8 Å². The predicted molar refractivity (Wildman–Crippen MR) is 131 cm³/mol. The summed E-state index contributed by atoms with van der Waals surface area (Å²) in [6.45, 7) is 2.09. The highest BCUT2D eigenvalue weighted by Gasteiger charge is 2.37. The molecule has 0 amide bonds. The van der Waals surface area contributed by atoms with E-state index in [0.717, 1.165) is 20.0 Å². The number of benzene rings is 1. The molecule has 1 fully saturated rings. The molecule has 32 heavy (non-hydrogen) atoms. The number of halogens is 1. The molecule has 1 aromatic carbocycles. The minimum atomic E-state index is -0.781. The van der Waals surface area contributed by atoms with Gasteiger partial charge in [0.2, 0.25) is 0 Å². The topological polar surface area (TPSA) is 74.6 Å². The van der Waals surface area contributed by atoms with Crippen LogP contribution in [0.4, 0.5) is 0 Å². The van der Waals surface area contributed by atoms with Crippen molar-refractivity contribution >= 4 is 44.8 Å². The van der Waals surface area contributed by atoms with Gasteiger partial charge in [0.15, 0.2) is 0 Å². The number of hydrogen-bond acceptors (Lipinski definition) is 4. The lowest BCUT2D eigenvalue weighted by Gasteiger charge is -2.17. The second-order valence-corrected chi connectivity index (χ2v) is 10.2. The number of aliphatic hydroxyl groups is 1. The number of hydrogen-bond donors (Lipinski definition) is 2. The van der Waals surface area contributed by atoms with Crippen molar-refractivity contribution in [3.63, 3.8) is 0 Å². The quantitative estimate of drug-likeness (QED) is 0.290. The summed E-state index contributed by atoms with van der Waals surface area (Å²) >= 11 is 8.18. The molecule has 0 spiro atoms. The molecule has 1 aliphatic carbocycles. The number of aliphatic carboxylic acids is 1. The zero-order valence-electron chi connectivity index (χ0n) is 18.4. The van der Waals surface area contributed by atoms with Gasteiger partial charge in [-0.25, -0.2) is 0 Å². The summed E-state index contributed by atoms with van der Waals surface area (Å²) in [5, 5.41) is 21.1. The largest absolute Gasteiger partial charge is 0.481 e. The highest BCUT2D eigenvalue weighted by Crippen LogP contribution is 2.38. The Morgan fingerprint density at radius 1 is 1.31 bits per heavy atom. The maximum absolute atomic E-state index is 12.5. The Balaban J connectivity index is 1.53. The Morgan fingerprint density at radius 3 is 2.84 bits per heavy atom. The number of carbonyl (C=O) groups is 2. The van der Waals surface area contributed by atoms with E-state index in [1.54, 1.807) is 11.3 Å². The van der Waals surface area contributed by atoms with Gasteiger partial charge < -0.3 is 10.2 Å². The first-order chi connectivity index (χ1) is 15.4. The minimum Gasteiger partial charge on any atom is -0.481 e. The molecule has 1 heterocycles. The van der Waals surface area contributed by atoms with Gasteiger partial charge in [-0.3, -0.25) is 9.59 Å². The number of fused-ring (bicyclic) bond motifs is 1. The highest BCUT2D eigenvalue weighted by atomic mass is 35.5. The number of aryl methyl sites for hydroxylation is 1. The summed E-state index contributed by atoms with van der Waals surface area (Å²) in [5.74, 6) is -0.200. The van der Waals surface area contributed by atoms with Gasteiger partial charge in [-0.05, 0) is 50.0 Å². The number of aliphatic hydroxyl groups excluding tert-OH is 1. The SMILES string of the molecule is C[C@@H]1CC(=O)[C@H](C/C=C\CCCC(=O)O)[C@H]1/C=C/C(O)CCc1sc2ccccc2c1Cl. The molecule has 2 N–H and O–H groups in total. The van der Waals surface area contributed by atoms with E-state index in [2.05, 4.69) is 13.0 Å². The summed E-state index contributed by atoms with van der Waals surface area (Å²) in [5.41, 5.74) is 0. The molecule has 0 aliphatic heterocycles. The summed E-state index contributed by atoms with van der Waals surface area (Å²) < 4.78 is 1.16. The molecule has 3 rings (SSSR count). The van der Waals surface area contributed by atoms with Gasteiger partial charge in [0.25, 0.3) is 0 Å². The summed E-state index contributed by atoms with van der Waals surface area (Å²) in [4.78, 5) is 24.1. The van der Waals surface area contributed by atoms with Crippen molar-refractivity contribution in [1.82, 2.24) is 0 Å². The van der Waals surface area contributed by atoms with Gasteiger partial charge in [0.05, 0.1) is 11.1 Å². The number of unbranched alkanes of at least 4 members (excludes halogenated alkanes) is 1. The fourth-order valence-electron chi connectivity index (χ4n) is 4.42. The number of Topliss-reactive ketones (excluding diaryl/α,β-unsaturated/α-hetero) is 1. The second-order valence-electron chi connectivity index (χ2n) is 8.65. The standard InChI is InChI=1S/C26H31ClO4S/c1-17-16-22(29)20(8-4-2-3-5-11-25(30)31)19(17)14-12-18(28)13-15-24-26(27)21-9-6-7-10-23(21)32-24/h2,4,6-7,9-10,12,14,17-20,28H,3,5,8,11,13,15-16H2,1H3,(H,30,31)/b4-2-,14-12+/t17-,18?,19+,20-/m1/s1. The average Bonchev–Trinajstić information content (AvgIpc) is 3.22. The summed E-state index contributed by atoms with van der Waals surface area (Å²) in [6, 6.07) is 8.06. The number of carboxylic acid groups (broad SMARTS) is 1. The molecular formula is C26H31ClO4S. The Bertz CT molecular complexity index is 993. The van der Waals surface area contributed by atoms with Crippen molar-refractivity contribution in [1.29, 1.82) is 0 Å². The first-order valence-corrected chi connectivity index (χ1v) is 12.5. The van der Waals surface area contributed by atoms with E-state index in [-0.39, 0.29) is 30.0 Å². The number of ketones is 1. The maximum Gasteiger partial charge on any atom is 0.303 e. The molecule has 4 atom stereocenters. The Labute approximate surface area is 198 Å². The monoisotopic (exact) mass is 474 g/mol. The van der Waals surface area contributed by atoms with Crippen LogP contribution in [0.3, 0.4) is 0 Å². The molecule has 1 aromatic heterocycles. The molecule has 0 radical (unpaired) electrons. The zero-order valence-corrected chi connectivity index (χ0v) is 19.9. The van der Waals surface area contributed by atoms with Crippen molar-refractivity contribution < 1.29 is 19.8 Å². The van der Waals surface area contributed by atoms with E-state index in [0.29, 0.717) is 38.5 Å². The van der Waals surface area contributed by atoms with Gasteiger partial charge >= 0.3 is 5.97 Å². The molecule has 1 aliphatic rings.